The summed E-state index contributed by atoms with van der Waals surface area (Å²) in [6, 6.07) is 5.44. The third-order valence-electron chi connectivity index (χ3n) is 1.69. The Balaban J connectivity index is 2.89. The molecule has 64 valence electrons. The smallest absolute Gasteiger partial charge is 0.133 e. The van der Waals surface area contributed by atoms with Crippen LogP contribution >= 0.6 is 27.5 Å². The molecule has 2 aromatic rings. The van der Waals surface area contributed by atoms with E-state index in [0.717, 1.165) is 9.86 Å². The van der Waals surface area contributed by atoms with Crippen molar-refractivity contribution < 1.29 is 0 Å². The van der Waals surface area contributed by atoms with Crippen molar-refractivity contribution in [3.8, 4) is 6.07 Å². The molecule has 1 heterocycles. The molecule has 1 aromatic heterocycles. The number of benzene rings is 1. The topological polar surface area (TPSA) is 52.5 Å². The first-order chi connectivity index (χ1) is 6.22. The van der Waals surface area contributed by atoms with E-state index in [1.165, 1.54) is 0 Å². The third kappa shape index (κ3) is 1.30. The maximum Gasteiger partial charge on any atom is 0.133 e. The molecule has 1 aromatic carbocycles. The molecular weight excluding hydrogens is 253 g/mol. The van der Waals surface area contributed by atoms with Gasteiger partial charge >= 0.3 is 0 Å². The van der Waals surface area contributed by atoms with Gasteiger partial charge in [0.05, 0.1) is 22.5 Å². The van der Waals surface area contributed by atoms with Crippen LogP contribution in [0.3, 0.4) is 0 Å². The number of rotatable bonds is 0. The highest BCUT2D eigenvalue weighted by atomic mass is 79.9. The van der Waals surface area contributed by atoms with Gasteiger partial charge in [-0.3, -0.25) is 5.10 Å². The van der Waals surface area contributed by atoms with E-state index in [2.05, 4.69) is 26.1 Å². The van der Waals surface area contributed by atoms with Crippen molar-refractivity contribution in [2.24, 2.45) is 0 Å². The van der Waals surface area contributed by atoms with E-state index in [-0.39, 0.29) is 0 Å². The minimum atomic E-state index is 0.478. The highest BCUT2D eigenvalue weighted by molar-refractivity contribution is 9.10. The van der Waals surface area contributed by atoms with E-state index >= 15 is 0 Å². The monoisotopic (exact) mass is 255 g/mol. The standard InChI is InChI=1S/C8H3BrClN3/c9-5-1-4(3-11)2-6-7(5)8(10)13-12-6/h1-2H,(H,12,13). The number of halogens is 2. The van der Waals surface area contributed by atoms with Gasteiger partial charge in [0.1, 0.15) is 5.15 Å². The quantitative estimate of drug-likeness (QED) is 0.788. The number of hydrogen-bond donors (Lipinski definition) is 1. The van der Waals surface area contributed by atoms with E-state index < -0.39 is 0 Å². The van der Waals surface area contributed by atoms with Crippen LogP contribution in [-0.4, -0.2) is 10.2 Å². The van der Waals surface area contributed by atoms with E-state index in [1.54, 1.807) is 12.1 Å². The van der Waals surface area contributed by atoms with Gasteiger partial charge in [-0.25, -0.2) is 0 Å². The first-order valence-corrected chi connectivity index (χ1v) is 4.62. The lowest BCUT2D eigenvalue weighted by Gasteiger charge is -1.94. The molecule has 5 heteroatoms. The van der Waals surface area contributed by atoms with Crippen LogP contribution in [0.1, 0.15) is 5.56 Å². The number of hydrogen-bond acceptors (Lipinski definition) is 2. The summed E-state index contributed by atoms with van der Waals surface area (Å²) in [5.41, 5.74) is 1.25. The molecule has 0 radical (unpaired) electrons. The molecule has 0 amide bonds. The van der Waals surface area contributed by atoms with Crippen LogP contribution < -0.4 is 0 Å². The Bertz CT molecular complexity index is 512. The average Bonchev–Trinajstić information content (AvgIpc) is 2.48. The van der Waals surface area contributed by atoms with E-state index in [9.17, 15) is 0 Å². The lowest BCUT2D eigenvalue weighted by atomic mass is 10.2. The molecule has 1 N–H and O–H groups in total. The normalized spacial score (nSPS) is 10.2. The second-order valence-corrected chi connectivity index (χ2v) is 3.73. The Morgan fingerprint density at radius 1 is 1.54 bits per heavy atom. The lowest BCUT2D eigenvalue weighted by molar-refractivity contribution is 1.12. The van der Waals surface area contributed by atoms with Gasteiger partial charge in [-0.15, -0.1) is 0 Å². The SMILES string of the molecule is N#Cc1cc(Br)c2c(Cl)[nH]nc2c1. The molecule has 2 rings (SSSR count). The summed E-state index contributed by atoms with van der Waals surface area (Å²) in [4.78, 5) is 0. The molecule has 0 spiro atoms. The van der Waals surface area contributed by atoms with Gasteiger partial charge in [-0.2, -0.15) is 10.4 Å². The summed E-state index contributed by atoms with van der Waals surface area (Å²) in [5.74, 6) is 0. The fourth-order valence-electron chi connectivity index (χ4n) is 1.13. The Hall–Kier alpha value is -1.05. The maximum atomic E-state index is 8.69. The van der Waals surface area contributed by atoms with Crippen molar-refractivity contribution in [2.45, 2.75) is 0 Å². The van der Waals surface area contributed by atoms with Gasteiger partial charge in [0, 0.05) is 4.47 Å². The summed E-state index contributed by atoms with van der Waals surface area (Å²) in [6.45, 7) is 0. The minimum absolute atomic E-state index is 0.478. The van der Waals surface area contributed by atoms with Gasteiger partial charge in [0.25, 0.3) is 0 Å². The summed E-state index contributed by atoms with van der Waals surface area (Å²) in [6.07, 6.45) is 0. The molecule has 0 aliphatic carbocycles. The zero-order chi connectivity index (χ0) is 9.42. The molecular formula is C8H3BrClN3. The summed E-state index contributed by atoms with van der Waals surface area (Å²) < 4.78 is 0.778. The third-order valence-corrected chi connectivity index (χ3v) is 2.59. The van der Waals surface area contributed by atoms with Gasteiger partial charge < -0.3 is 0 Å². The van der Waals surface area contributed by atoms with Crippen LogP contribution in [0.15, 0.2) is 16.6 Å². The van der Waals surface area contributed by atoms with E-state index in [0.29, 0.717) is 16.2 Å². The fraction of sp³-hybridized carbons (Fsp3) is 0. The largest absolute Gasteiger partial charge is 0.266 e. The molecule has 0 bridgehead atoms. The highest BCUT2D eigenvalue weighted by Gasteiger charge is 2.08. The zero-order valence-corrected chi connectivity index (χ0v) is 8.65. The van der Waals surface area contributed by atoms with Crippen LogP contribution in [0.4, 0.5) is 0 Å². The van der Waals surface area contributed by atoms with Crippen LogP contribution in [0, 0.1) is 11.3 Å². The first kappa shape index (κ1) is 8.54. The van der Waals surface area contributed by atoms with Crippen molar-refractivity contribution in [3.63, 3.8) is 0 Å². The summed E-state index contributed by atoms with van der Waals surface area (Å²) in [5, 5.41) is 16.6. The Kier molecular flexibility index (Phi) is 1.98. The van der Waals surface area contributed by atoms with E-state index in [4.69, 9.17) is 16.9 Å². The van der Waals surface area contributed by atoms with Crippen LogP contribution in [0.5, 0.6) is 0 Å². The van der Waals surface area contributed by atoms with Gasteiger partial charge in [-0.1, -0.05) is 11.6 Å². The first-order valence-electron chi connectivity index (χ1n) is 3.45. The molecule has 0 atom stereocenters. The molecule has 0 fully saturated rings. The van der Waals surface area contributed by atoms with Crippen molar-refractivity contribution in [1.82, 2.24) is 10.2 Å². The number of nitrogens with zero attached hydrogens (tertiary/aromatic N) is 2. The minimum Gasteiger partial charge on any atom is -0.266 e. The highest BCUT2D eigenvalue weighted by Crippen LogP contribution is 2.29. The van der Waals surface area contributed by atoms with Gasteiger partial charge in [0.15, 0.2) is 0 Å². The second kappa shape index (κ2) is 3.02. The van der Waals surface area contributed by atoms with Crippen LogP contribution in [0.2, 0.25) is 5.15 Å². The molecule has 3 nitrogen and oxygen atoms in total. The Morgan fingerprint density at radius 3 is 3.00 bits per heavy atom. The number of H-pyrrole nitrogens is 1. The molecule has 0 unspecified atom stereocenters. The number of aromatic nitrogens is 2. The van der Waals surface area contributed by atoms with Gasteiger partial charge in [0.2, 0.25) is 0 Å². The maximum absolute atomic E-state index is 8.69. The van der Waals surface area contributed by atoms with Crippen molar-refractivity contribution in [2.75, 3.05) is 0 Å². The van der Waals surface area contributed by atoms with Gasteiger partial charge in [-0.05, 0) is 28.1 Å². The van der Waals surface area contributed by atoms with Crippen molar-refractivity contribution in [3.05, 3.63) is 27.3 Å². The molecule has 13 heavy (non-hydrogen) atoms. The fourth-order valence-corrected chi connectivity index (χ4v) is 2.13. The van der Waals surface area contributed by atoms with Crippen molar-refractivity contribution in [1.29, 1.82) is 5.26 Å². The molecule has 0 saturated heterocycles. The van der Waals surface area contributed by atoms with Crippen molar-refractivity contribution >= 4 is 38.4 Å². The summed E-state index contributed by atoms with van der Waals surface area (Å²) in [7, 11) is 0. The predicted octanol–water partition coefficient (Wildman–Crippen LogP) is 2.85. The average molecular weight is 256 g/mol. The molecule has 0 saturated carbocycles. The van der Waals surface area contributed by atoms with E-state index in [1.807, 2.05) is 6.07 Å². The van der Waals surface area contributed by atoms with Crippen LogP contribution in [-0.2, 0) is 0 Å². The predicted molar refractivity (Wildman–Crippen MR) is 53.5 cm³/mol. The molecule has 0 aliphatic rings. The number of aromatic amines is 1. The Labute approximate surface area is 87.4 Å². The zero-order valence-electron chi connectivity index (χ0n) is 6.31. The Morgan fingerprint density at radius 2 is 2.31 bits per heavy atom. The lowest BCUT2D eigenvalue weighted by Crippen LogP contribution is -1.76. The number of nitrogens with one attached hydrogen (secondary N) is 1. The number of nitriles is 1. The molecule has 0 aliphatic heterocycles. The second-order valence-electron chi connectivity index (χ2n) is 2.50. The number of fused-ring (bicyclic) bond motifs is 1. The summed E-state index contributed by atoms with van der Waals surface area (Å²) >= 11 is 9.17. The van der Waals surface area contributed by atoms with Crippen LogP contribution in [0.25, 0.3) is 10.9 Å².